The number of nitrogens with zero attached hydrogens (tertiary/aromatic N) is 4. The summed E-state index contributed by atoms with van der Waals surface area (Å²) in [5.74, 6) is 0.236. The van der Waals surface area contributed by atoms with Crippen LogP contribution in [0.5, 0.6) is 0 Å². The van der Waals surface area contributed by atoms with Gasteiger partial charge in [0.2, 0.25) is 0 Å². The topological polar surface area (TPSA) is 76.9 Å². The molecule has 2 fully saturated rings. The Bertz CT molecular complexity index is 449. The Labute approximate surface area is 99.2 Å². The van der Waals surface area contributed by atoms with Gasteiger partial charge in [-0.2, -0.15) is 0 Å². The maximum atomic E-state index is 11.9. The van der Waals surface area contributed by atoms with Crippen LogP contribution >= 0.6 is 0 Å². The van der Waals surface area contributed by atoms with Crippen molar-refractivity contribution in [3.63, 3.8) is 0 Å². The van der Waals surface area contributed by atoms with Gasteiger partial charge in [0.25, 0.3) is 0 Å². The lowest BCUT2D eigenvalue weighted by molar-refractivity contribution is -0.576. The Hall–Kier alpha value is -1.20. The van der Waals surface area contributed by atoms with E-state index in [-0.39, 0.29) is 35.5 Å². The average Bonchev–Trinajstić information content (AvgIpc) is 2.72. The zero-order chi connectivity index (χ0) is 11.8. The largest absolute Gasteiger partial charge is 0.600 e. The Kier molecular flexibility index (Phi) is 1.61. The molecule has 0 bridgehead atoms. The Morgan fingerprint density at radius 2 is 1.88 bits per heavy atom. The first-order chi connectivity index (χ1) is 8.12. The van der Waals surface area contributed by atoms with Crippen LogP contribution in [0.4, 0.5) is 0 Å². The van der Waals surface area contributed by atoms with Crippen molar-refractivity contribution in [1.29, 1.82) is 0 Å². The molecule has 0 N–H and O–H groups in total. The van der Waals surface area contributed by atoms with E-state index in [2.05, 4.69) is 17.2 Å². The molecular formula is C11H16N4O2. The predicted octanol–water partition coefficient (Wildman–Crippen LogP) is 1.62. The summed E-state index contributed by atoms with van der Waals surface area (Å²) in [5.41, 5.74) is -0.129. The van der Waals surface area contributed by atoms with E-state index >= 15 is 0 Å². The van der Waals surface area contributed by atoms with Crippen molar-refractivity contribution in [2.45, 2.75) is 56.8 Å². The van der Waals surface area contributed by atoms with Gasteiger partial charge in [0, 0.05) is 12.8 Å². The van der Waals surface area contributed by atoms with Crippen LogP contribution < -0.4 is 0 Å². The van der Waals surface area contributed by atoms with Crippen LogP contribution in [0.15, 0.2) is 10.2 Å². The van der Waals surface area contributed by atoms with E-state index in [1.54, 1.807) is 0 Å². The highest BCUT2D eigenvalue weighted by Gasteiger charge is 2.70. The summed E-state index contributed by atoms with van der Waals surface area (Å²) < 4.78 is 0. The molecule has 17 heavy (non-hydrogen) atoms. The van der Waals surface area contributed by atoms with E-state index < -0.39 is 0 Å². The van der Waals surface area contributed by atoms with Crippen molar-refractivity contribution in [3.8, 4) is 0 Å². The van der Waals surface area contributed by atoms with E-state index in [0.717, 1.165) is 35.4 Å². The summed E-state index contributed by atoms with van der Waals surface area (Å²) in [6, 6.07) is 0.197. The van der Waals surface area contributed by atoms with Crippen molar-refractivity contribution in [1.82, 2.24) is 0 Å². The molecule has 3 unspecified atom stereocenters. The van der Waals surface area contributed by atoms with Gasteiger partial charge >= 0.3 is 0 Å². The van der Waals surface area contributed by atoms with Crippen molar-refractivity contribution in [3.05, 3.63) is 10.4 Å². The second kappa shape index (κ2) is 2.79. The molecule has 4 rings (SSSR count). The SMILES string of the molecule is C[C@]12C3CC[C@H]4C1[C@@H](CCC2[N+]([O-])=N3)N=[N+]4[O-]. The van der Waals surface area contributed by atoms with Gasteiger partial charge in [0.15, 0.2) is 12.1 Å². The smallest absolute Gasteiger partial charge is 0.198 e. The molecule has 0 spiro atoms. The zero-order valence-electron chi connectivity index (χ0n) is 9.82. The molecule has 0 aromatic carbocycles. The van der Waals surface area contributed by atoms with E-state index in [1.165, 1.54) is 0 Å². The number of hydrogen-bond donors (Lipinski definition) is 0. The van der Waals surface area contributed by atoms with Crippen LogP contribution in [-0.4, -0.2) is 33.9 Å². The monoisotopic (exact) mass is 236 g/mol. The number of rotatable bonds is 0. The standard InChI is InChI=1S/C11H16N4O2/c1-11-8-4-3-7-10(11)6(12-14(7)16)2-5-9(11)15(17)13-8/h6-10H,2-5H2,1H3/t6-,7+,8?,9?,10?,11-/m1/s1. The molecule has 2 aliphatic heterocycles. The third-order valence-electron chi connectivity index (χ3n) is 5.52. The van der Waals surface area contributed by atoms with Gasteiger partial charge in [-0.1, -0.05) is 16.6 Å². The molecule has 4 aliphatic rings. The predicted molar refractivity (Wildman–Crippen MR) is 57.3 cm³/mol. The minimum absolute atomic E-state index is 0.00856. The van der Waals surface area contributed by atoms with Gasteiger partial charge in [0.05, 0.1) is 11.3 Å². The first-order valence-electron chi connectivity index (χ1n) is 6.46. The van der Waals surface area contributed by atoms with Crippen LogP contribution in [0.1, 0.15) is 32.6 Å². The highest BCUT2D eigenvalue weighted by Crippen LogP contribution is 2.58. The molecule has 0 amide bonds. The highest BCUT2D eigenvalue weighted by molar-refractivity contribution is 5.12. The summed E-state index contributed by atoms with van der Waals surface area (Å²) >= 11 is 0. The minimum atomic E-state index is -0.129. The summed E-state index contributed by atoms with van der Waals surface area (Å²) in [6.07, 6.45) is 3.37. The molecule has 2 saturated carbocycles. The molecular weight excluding hydrogens is 220 g/mol. The van der Waals surface area contributed by atoms with Crippen molar-refractivity contribution < 1.29 is 9.72 Å². The van der Waals surface area contributed by atoms with Gasteiger partial charge in [-0.15, -0.1) is 0 Å². The lowest BCUT2D eigenvalue weighted by Gasteiger charge is -2.44. The molecule has 6 nitrogen and oxygen atoms in total. The first-order valence-corrected chi connectivity index (χ1v) is 6.46. The fraction of sp³-hybridized carbons (Fsp3) is 1.00. The Balaban J connectivity index is 1.84. The summed E-state index contributed by atoms with van der Waals surface area (Å²) in [5, 5.41) is 32.2. The minimum Gasteiger partial charge on any atom is -0.600 e. The molecule has 6 heteroatoms. The quantitative estimate of drug-likeness (QED) is 0.473. The third kappa shape index (κ3) is 0.940. The van der Waals surface area contributed by atoms with Gasteiger partial charge in [0.1, 0.15) is 12.1 Å². The van der Waals surface area contributed by atoms with Crippen LogP contribution in [-0.2, 0) is 0 Å². The second-order valence-electron chi connectivity index (χ2n) is 6.05. The molecule has 0 aromatic rings. The molecule has 2 heterocycles. The number of azo groups is 2. The molecule has 0 aromatic heterocycles. The van der Waals surface area contributed by atoms with Crippen molar-refractivity contribution in [2.75, 3.05) is 0 Å². The van der Waals surface area contributed by atoms with E-state index in [9.17, 15) is 10.4 Å². The van der Waals surface area contributed by atoms with Gasteiger partial charge in [-0.25, -0.2) is 0 Å². The van der Waals surface area contributed by atoms with E-state index in [4.69, 9.17) is 0 Å². The lowest BCUT2D eigenvalue weighted by atomic mass is 9.54. The fourth-order valence-electron chi connectivity index (χ4n) is 4.75. The maximum absolute atomic E-state index is 11.9. The van der Waals surface area contributed by atoms with E-state index in [1.807, 2.05) is 0 Å². The van der Waals surface area contributed by atoms with Crippen LogP contribution in [0, 0.1) is 21.7 Å². The van der Waals surface area contributed by atoms with Crippen LogP contribution in [0.2, 0.25) is 0 Å². The average molecular weight is 236 g/mol. The Morgan fingerprint density at radius 3 is 2.71 bits per heavy atom. The summed E-state index contributed by atoms with van der Waals surface area (Å²) in [4.78, 5) is 1.85. The summed E-state index contributed by atoms with van der Waals surface area (Å²) in [6.45, 7) is 2.15. The maximum Gasteiger partial charge on any atom is 0.198 e. The highest BCUT2D eigenvalue weighted by atomic mass is 16.5. The van der Waals surface area contributed by atoms with Gasteiger partial charge in [-0.3, -0.25) is 0 Å². The summed E-state index contributed by atoms with van der Waals surface area (Å²) in [7, 11) is 0. The third-order valence-corrected chi connectivity index (χ3v) is 5.52. The van der Waals surface area contributed by atoms with Gasteiger partial charge in [-0.05, 0) is 23.1 Å². The number of hydrogen-bond acceptors (Lipinski definition) is 4. The second-order valence-corrected chi connectivity index (χ2v) is 6.05. The van der Waals surface area contributed by atoms with E-state index in [0.29, 0.717) is 0 Å². The van der Waals surface area contributed by atoms with Gasteiger partial charge < -0.3 is 10.4 Å². The molecule has 2 aliphatic carbocycles. The molecule has 92 valence electrons. The molecule has 6 atom stereocenters. The van der Waals surface area contributed by atoms with Crippen molar-refractivity contribution in [2.24, 2.45) is 21.6 Å². The fourth-order valence-corrected chi connectivity index (χ4v) is 4.75. The lowest BCUT2D eigenvalue weighted by Crippen LogP contribution is -2.58. The Morgan fingerprint density at radius 1 is 1.06 bits per heavy atom. The first kappa shape index (κ1) is 9.79. The van der Waals surface area contributed by atoms with Crippen LogP contribution in [0.3, 0.4) is 0 Å². The van der Waals surface area contributed by atoms with Crippen molar-refractivity contribution >= 4 is 0 Å². The zero-order valence-corrected chi connectivity index (χ0v) is 9.82. The van der Waals surface area contributed by atoms with Crippen LogP contribution in [0.25, 0.3) is 0 Å². The normalized spacial score (nSPS) is 55.2. The number of hydroxylamine groups is 2. The molecule has 0 saturated heterocycles. The molecule has 0 radical (unpaired) electrons.